The van der Waals surface area contributed by atoms with Crippen LogP contribution in [0.1, 0.15) is 11.1 Å². The van der Waals surface area contributed by atoms with Crippen molar-refractivity contribution >= 4 is 11.4 Å². The van der Waals surface area contributed by atoms with Crippen LogP contribution in [0.4, 0.5) is 11.4 Å². The maximum atomic E-state index is 6.20. The molecule has 0 heterocycles. The number of nitrogen functional groups attached to an aromatic ring is 2. The Morgan fingerprint density at radius 2 is 0.789 bits per heavy atom. The summed E-state index contributed by atoms with van der Waals surface area (Å²) in [6, 6.07) is 33.5. The minimum absolute atomic E-state index is 0.650. The summed E-state index contributed by atoms with van der Waals surface area (Å²) in [4.78, 5) is 0. The lowest BCUT2D eigenvalue weighted by Gasteiger charge is -2.15. The molecule has 0 spiro atoms. The highest BCUT2D eigenvalue weighted by Gasteiger charge is 2.11. The molecule has 0 aliphatic carbocycles. The van der Waals surface area contributed by atoms with Crippen LogP contribution in [0, 0.1) is 13.8 Å². The van der Waals surface area contributed by atoms with Gasteiger partial charge in [-0.05, 0) is 104 Å². The molecule has 0 unspecified atom stereocenters. The molecular weight excluding hydrogens is 476 g/mol. The molecule has 4 N–H and O–H groups in total. The molecule has 6 nitrogen and oxygen atoms in total. The van der Waals surface area contributed by atoms with Crippen molar-refractivity contribution in [1.29, 1.82) is 0 Å². The second kappa shape index (κ2) is 10.9. The van der Waals surface area contributed by atoms with Crippen molar-refractivity contribution < 1.29 is 18.9 Å². The van der Waals surface area contributed by atoms with Crippen molar-refractivity contribution in [3.05, 3.63) is 120 Å². The van der Waals surface area contributed by atoms with Gasteiger partial charge in [0.1, 0.15) is 46.0 Å². The van der Waals surface area contributed by atoms with E-state index in [0.717, 1.165) is 11.1 Å². The van der Waals surface area contributed by atoms with E-state index >= 15 is 0 Å². The molecule has 5 aromatic carbocycles. The van der Waals surface area contributed by atoms with Crippen molar-refractivity contribution in [2.75, 3.05) is 11.5 Å². The molecule has 0 radical (unpaired) electrons. The van der Waals surface area contributed by atoms with Gasteiger partial charge in [-0.1, -0.05) is 12.1 Å². The summed E-state index contributed by atoms with van der Waals surface area (Å²) in [5.74, 6) is 5.54. The third kappa shape index (κ3) is 6.17. The van der Waals surface area contributed by atoms with E-state index in [2.05, 4.69) is 0 Å². The maximum absolute atomic E-state index is 6.20. The predicted molar refractivity (Wildman–Crippen MR) is 151 cm³/mol. The molecule has 0 aromatic heterocycles. The normalized spacial score (nSPS) is 10.6. The van der Waals surface area contributed by atoms with Crippen LogP contribution in [0.25, 0.3) is 0 Å². The second-order valence-electron chi connectivity index (χ2n) is 8.88. The number of aryl methyl sites for hydroxylation is 1. The van der Waals surface area contributed by atoms with Crippen molar-refractivity contribution in [3.8, 4) is 46.0 Å². The van der Waals surface area contributed by atoms with Gasteiger partial charge in [-0.25, -0.2) is 0 Å². The number of benzene rings is 5. The third-order valence-corrected chi connectivity index (χ3v) is 5.75. The first-order chi connectivity index (χ1) is 18.4. The zero-order chi connectivity index (χ0) is 26.5. The summed E-state index contributed by atoms with van der Waals surface area (Å²) < 4.78 is 24.1. The molecule has 0 bridgehead atoms. The smallest absolute Gasteiger partial charge is 0.134 e. The number of ether oxygens (including phenoxy) is 4. The summed E-state index contributed by atoms with van der Waals surface area (Å²) in [5.41, 5.74) is 14.9. The summed E-state index contributed by atoms with van der Waals surface area (Å²) in [6.45, 7) is 3.98. The van der Waals surface area contributed by atoms with Crippen LogP contribution in [-0.2, 0) is 0 Å². The van der Waals surface area contributed by atoms with Gasteiger partial charge >= 0.3 is 0 Å². The van der Waals surface area contributed by atoms with Gasteiger partial charge in [-0.3, -0.25) is 0 Å². The highest BCUT2D eigenvalue weighted by Crippen LogP contribution is 2.37. The lowest BCUT2D eigenvalue weighted by molar-refractivity contribution is 0.448. The van der Waals surface area contributed by atoms with E-state index < -0.39 is 0 Å². The molecule has 0 saturated carbocycles. The largest absolute Gasteiger partial charge is 0.457 e. The Kier molecular flexibility index (Phi) is 7.04. The summed E-state index contributed by atoms with van der Waals surface area (Å²) in [5, 5.41) is 0. The van der Waals surface area contributed by atoms with Crippen LogP contribution < -0.4 is 30.4 Å². The SMILES string of the molecule is Cc1cc(Oc2ccc(Oc3cccc(N)c3)cc2)c(C)c(Oc2ccc(Oc3cccc(N)c3)cc2)c1. The number of hydrogen-bond donors (Lipinski definition) is 2. The van der Waals surface area contributed by atoms with E-state index in [-0.39, 0.29) is 0 Å². The third-order valence-electron chi connectivity index (χ3n) is 5.75. The van der Waals surface area contributed by atoms with Crippen LogP contribution >= 0.6 is 0 Å². The Morgan fingerprint density at radius 3 is 1.16 bits per heavy atom. The first-order valence-electron chi connectivity index (χ1n) is 12.2. The summed E-state index contributed by atoms with van der Waals surface area (Å²) in [6.07, 6.45) is 0. The number of anilines is 2. The predicted octanol–water partition coefficient (Wildman–Crippen LogP) is 8.64. The van der Waals surface area contributed by atoms with Crippen molar-refractivity contribution in [1.82, 2.24) is 0 Å². The zero-order valence-electron chi connectivity index (χ0n) is 21.2. The van der Waals surface area contributed by atoms with Gasteiger partial charge in [0.25, 0.3) is 0 Å². The zero-order valence-corrected chi connectivity index (χ0v) is 21.2. The van der Waals surface area contributed by atoms with Crippen LogP contribution in [0.2, 0.25) is 0 Å². The van der Waals surface area contributed by atoms with Crippen molar-refractivity contribution in [2.24, 2.45) is 0 Å². The monoisotopic (exact) mass is 504 g/mol. The average molecular weight is 505 g/mol. The number of nitrogens with two attached hydrogens (primary N) is 2. The van der Waals surface area contributed by atoms with Crippen LogP contribution in [-0.4, -0.2) is 0 Å². The molecule has 5 rings (SSSR count). The fraction of sp³-hybridized carbons (Fsp3) is 0.0625. The van der Waals surface area contributed by atoms with E-state index in [4.69, 9.17) is 30.4 Å². The fourth-order valence-electron chi connectivity index (χ4n) is 3.84. The standard InChI is InChI=1S/C32H28N2O4/c1-21-17-31(37-27-13-9-25(10-14-27)35-29-7-3-5-23(33)19-29)22(2)32(18-21)38-28-15-11-26(12-16-28)36-30-8-4-6-24(34)20-30/h3-20H,33-34H2,1-2H3. The lowest BCUT2D eigenvalue weighted by Crippen LogP contribution is -1.94. The van der Waals surface area contributed by atoms with E-state index in [0.29, 0.717) is 57.4 Å². The molecule has 0 fully saturated rings. The first-order valence-corrected chi connectivity index (χ1v) is 12.2. The summed E-state index contributed by atoms with van der Waals surface area (Å²) >= 11 is 0. The molecular formula is C32H28N2O4. The molecule has 0 amide bonds. The molecule has 38 heavy (non-hydrogen) atoms. The van der Waals surface area contributed by atoms with Crippen LogP contribution in [0.3, 0.4) is 0 Å². The minimum atomic E-state index is 0.650. The van der Waals surface area contributed by atoms with Crippen molar-refractivity contribution in [2.45, 2.75) is 13.8 Å². The van der Waals surface area contributed by atoms with Gasteiger partial charge in [-0.2, -0.15) is 0 Å². The minimum Gasteiger partial charge on any atom is -0.457 e. The molecule has 6 heteroatoms. The Hall–Kier alpha value is -5.10. The molecule has 0 atom stereocenters. The van der Waals surface area contributed by atoms with Gasteiger partial charge in [0.15, 0.2) is 0 Å². The quantitative estimate of drug-likeness (QED) is 0.206. The Bertz CT molecular complexity index is 1430. The van der Waals surface area contributed by atoms with E-state index in [1.807, 2.05) is 111 Å². The van der Waals surface area contributed by atoms with Crippen LogP contribution in [0.15, 0.2) is 109 Å². The van der Waals surface area contributed by atoms with E-state index in [1.54, 1.807) is 12.1 Å². The first kappa shape index (κ1) is 24.6. The highest BCUT2D eigenvalue weighted by atomic mass is 16.5. The van der Waals surface area contributed by atoms with E-state index in [1.165, 1.54) is 0 Å². The van der Waals surface area contributed by atoms with Gasteiger partial charge in [-0.15, -0.1) is 0 Å². The Morgan fingerprint density at radius 1 is 0.421 bits per heavy atom. The molecule has 5 aromatic rings. The molecule has 0 aliphatic heterocycles. The summed E-state index contributed by atoms with van der Waals surface area (Å²) in [7, 11) is 0. The van der Waals surface area contributed by atoms with Gasteiger partial charge in [0.05, 0.1) is 0 Å². The molecule has 190 valence electrons. The lowest BCUT2D eigenvalue weighted by atomic mass is 10.1. The van der Waals surface area contributed by atoms with Gasteiger partial charge in [0.2, 0.25) is 0 Å². The van der Waals surface area contributed by atoms with Gasteiger partial charge in [0, 0.05) is 29.1 Å². The molecule has 0 saturated heterocycles. The fourth-order valence-corrected chi connectivity index (χ4v) is 3.84. The Labute approximate surface area is 222 Å². The second-order valence-corrected chi connectivity index (χ2v) is 8.88. The van der Waals surface area contributed by atoms with Gasteiger partial charge < -0.3 is 30.4 Å². The van der Waals surface area contributed by atoms with Crippen molar-refractivity contribution in [3.63, 3.8) is 0 Å². The number of rotatable bonds is 8. The average Bonchev–Trinajstić information content (AvgIpc) is 2.89. The maximum Gasteiger partial charge on any atom is 0.134 e. The van der Waals surface area contributed by atoms with Crippen LogP contribution in [0.5, 0.6) is 46.0 Å². The highest BCUT2D eigenvalue weighted by molar-refractivity contribution is 5.51. The molecule has 0 aliphatic rings. The van der Waals surface area contributed by atoms with E-state index in [9.17, 15) is 0 Å². The number of hydrogen-bond acceptors (Lipinski definition) is 6. The topological polar surface area (TPSA) is 89.0 Å². The Balaban J connectivity index is 1.27.